The van der Waals surface area contributed by atoms with Crippen LogP contribution in [0.4, 0.5) is 11.4 Å². The Labute approximate surface area is 147 Å². The van der Waals surface area contributed by atoms with Crippen LogP contribution >= 0.6 is 0 Å². The van der Waals surface area contributed by atoms with Crippen molar-refractivity contribution in [2.45, 2.75) is 6.42 Å². The van der Waals surface area contributed by atoms with Gasteiger partial charge in [0.15, 0.2) is 0 Å². The molecule has 4 rings (SSSR count). The van der Waals surface area contributed by atoms with Crippen LogP contribution < -0.4 is 5.32 Å². The third-order valence-electron chi connectivity index (χ3n) is 4.38. The second-order valence-corrected chi connectivity index (χ2v) is 6.05. The summed E-state index contributed by atoms with van der Waals surface area (Å²) >= 11 is 0. The minimum Gasteiger partial charge on any atom is -0.384 e. The summed E-state index contributed by atoms with van der Waals surface area (Å²) in [6, 6.07) is 29.4. The van der Waals surface area contributed by atoms with Crippen LogP contribution in [0.1, 0.15) is 6.42 Å². The minimum absolute atomic E-state index is 0.863. The van der Waals surface area contributed by atoms with Gasteiger partial charge in [-0.15, -0.1) is 0 Å². The van der Waals surface area contributed by atoms with Gasteiger partial charge >= 0.3 is 0 Å². The van der Waals surface area contributed by atoms with E-state index in [-0.39, 0.29) is 0 Å². The van der Waals surface area contributed by atoms with Crippen molar-refractivity contribution in [2.75, 3.05) is 11.9 Å². The van der Waals surface area contributed by atoms with E-state index in [0.717, 1.165) is 18.7 Å². The highest BCUT2D eigenvalue weighted by molar-refractivity contribution is 5.94. The summed E-state index contributed by atoms with van der Waals surface area (Å²) in [4.78, 5) is 4.66. The summed E-state index contributed by atoms with van der Waals surface area (Å²) in [5.74, 6) is 0. The van der Waals surface area contributed by atoms with Crippen LogP contribution in [0.3, 0.4) is 0 Å². The van der Waals surface area contributed by atoms with Crippen LogP contribution in [-0.4, -0.2) is 12.8 Å². The third kappa shape index (κ3) is 3.38. The van der Waals surface area contributed by atoms with Gasteiger partial charge < -0.3 is 5.32 Å². The highest BCUT2D eigenvalue weighted by Gasteiger charge is 1.99. The average Bonchev–Trinajstić information content (AvgIpc) is 2.68. The number of fused-ring (bicyclic) bond motifs is 2. The van der Waals surface area contributed by atoms with Crippen LogP contribution in [0.25, 0.3) is 21.5 Å². The quantitative estimate of drug-likeness (QED) is 0.343. The maximum Gasteiger partial charge on any atom is 0.0704 e. The summed E-state index contributed by atoms with van der Waals surface area (Å²) in [6.07, 6.45) is 2.88. The van der Waals surface area contributed by atoms with Crippen molar-refractivity contribution in [3.8, 4) is 0 Å². The van der Waals surface area contributed by atoms with Crippen molar-refractivity contribution in [1.82, 2.24) is 0 Å². The zero-order valence-electron chi connectivity index (χ0n) is 14.0. The SMILES string of the molecule is C(CCNc1cccc2ccccc12)=Nc1cccc2ccccc12. The number of rotatable bonds is 5. The Morgan fingerprint density at radius 3 is 2.16 bits per heavy atom. The Hall–Kier alpha value is -3.13. The lowest BCUT2D eigenvalue weighted by molar-refractivity contribution is 1.13. The van der Waals surface area contributed by atoms with Crippen molar-refractivity contribution in [1.29, 1.82) is 0 Å². The standard InChI is InChI=1S/C23H20N2/c1-3-12-20-18(8-1)10-5-14-22(20)24-16-7-17-25-23-15-6-11-19-9-2-4-13-21(19)23/h1-6,8-16,25H,7,17H2. The molecule has 0 aliphatic heterocycles. The molecule has 1 N–H and O–H groups in total. The molecule has 25 heavy (non-hydrogen) atoms. The summed E-state index contributed by atoms with van der Waals surface area (Å²) in [7, 11) is 0. The van der Waals surface area contributed by atoms with Gasteiger partial charge in [0, 0.05) is 35.6 Å². The van der Waals surface area contributed by atoms with Crippen molar-refractivity contribution in [3.05, 3.63) is 84.9 Å². The van der Waals surface area contributed by atoms with Gasteiger partial charge in [-0.3, -0.25) is 4.99 Å². The maximum absolute atomic E-state index is 4.66. The maximum atomic E-state index is 4.66. The number of benzene rings is 4. The first-order chi connectivity index (χ1) is 12.4. The normalized spacial score (nSPS) is 11.4. The van der Waals surface area contributed by atoms with Crippen LogP contribution in [-0.2, 0) is 0 Å². The topological polar surface area (TPSA) is 24.4 Å². The number of aliphatic imine (C=N–C) groups is 1. The largest absolute Gasteiger partial charge is 0.384 e. The van der Waals surface area contributed by atoms with Crippen molar-refractivity contribution in [2.24, 2.45) is 4.99 Å². The molecule has 0 heterocycles. The molecular weight excluding hydrogens is 304 g/mol. The monoisotopic (exact) mass is 324 g/mol. The highest BCUT2D eigenvalue weighted by Crippen LogP contribution is 2.25. The van der Waals surface area contributed by atoms with Crippen LogP contribution in [0.5, 0.6) is 0 Å². The molecule has 0 aliphatic rings. The van der Waals surface area contributed by atoms with Gasteiger partial charge in [-0.1, -0.05) is 72.8 Å². The van der Waals surface area contributed by atoms with E-state index in [1.165, 1.54) is 27.2 Å². The lowest BCUT2D eigenvalue weighted by Crippen LogP contribution is -2.02. The van der Waals surface area contributed by atoms with Gasteiger partial charge in [0.2, 0.25) is 0 Å². The molecule has 4 aromatic carbocycles. The summed E-state index contributed by atoms with van der Waals surface area (Å²) < 4.78 is 0. The molecule has 0 aromatic heterocycles. The van der Waals surface area contributed by atoms with Gasteiger partial charge in [-0.05, 0) is 22.9 Å². The van der Waals surface area contributed by atoms with E-state index in [1.807, 2.05) is 6.21 Å². The van der Waals surface area contributed by atoms with Crippen molar-refractivity contribution >= 4 is 39.1 Å². The lowest BCUT2D eigenvalue weighted by Gasteiger charge is -2.08. The Balaban J connectivity index is 1.43. The number of anilines is 1. The fourth-order valence-corrected chi connectivity index (χ4v) is 3.13. The smallest absolute Gasteiger partial charge is 0.0704 e. The zero-order chi connectivity index (χ0) is 16.9. The molecular formula is C23H20N2. The van der Waals surface area contributed by atoms with Gasteiger partial charge in [-0.25, -0.2) is 0 Å². The minimum atomic E-state index is 0.863. The molecule has 0 saturated carbocycles. The van der Waals surface area contributed by atoms with Gasteiger partial charge in [0.25, 0.3) is 0 Å². The summed E-state index contributed by atoms with van der Waals surface area (Å²) in [6.45, 7) is 0.863. The molecule has 0 radical (unpaired) electrons. The first kappa shape index (κ1) is 15.4. The lowest BCUT2D eigenvalue weighted by atomic mass is 10.1. The number of nitrogens with zero attached hydrogens (tertiary/aromatic N) is 1. The van der Waals surface area contributed by atoms with Crippen molar-refractivity contribution < 1.29 is 0 Å². The van der Waals surface area contributed by atoms with Crippen LogP contribution in [0.15, 0.2) is 89.9 Å². The molecule has 4 aromatic rings. The van der Waals surface area contributed by atoms with Crippen molar-refractivity contribution in [3.63, 3.8) is 0 Å². The van der Waals surface area contributed by atoms with E-state index >= 15 is 0 Å². The molecule has 0 bridgehead atoms. The van der Waals surface area contributed by atoms with Gasteiger partial charge in [0.1, 0.15) is 0 Å². The fraction of sp³-hybridized carbons (Fsp3) is 0.0870. The van der Waals surface area contributed by atoms with E-state index in [2.05, 4.69) is 95.2 Å². The predicted octanol–water partition coefficient (Wildman–Crippen LogP) is 6.20. The van der Waals surface area contributed by atoms with E-state index in [4.69, 9.17) is 0 Å². The average molecular weight is 324 g/mol. The Kier molecular flexibility index (Phi) is 4.42. The highest BCUT2D eigenvalue weighted by atomic mass is 14.9. The molecule has 2 nitrogen and oxygen atoms in total. The van der Waals surface area contributed by atoms with Gasteiger partial charge in [0.05, 0.1) is 5.69 Å². The number of hydrogen-bond donors (Lipinski definition) is 1. The van der Waals surface area contributed by atoms with Crippen LogP contribution in [0, 0.1) is 0 Å². The second-order valence-electron chi connectivity index (χ2n) is 6.05. The second kappa shape index (κ2) is 7.18. The van der Waals surface area contributed by atoms with E-state index in [9.17, 15) is 0 Å². The Morgan fingerprint density at radius 1 is 0.680 bits per heavy atom. The molecule has 0 aliphatic carbocycles. The molecule has 0 spiro atoms. The first-order valence-electron chi connectivity index (χ1n) is 8.64. The molecule has 122 valence electrons. The zero-order valence-corrected chi connectivity index (χ0v) is 14.0. The Bertz CT molecular complexity index is 1020. The number of hydrogen-bond acceptors (Lipinski definition) is 2. The fourth-order valence-electron chi connectivity index (χ4n) is 3.13. The van der Waals surface area contributed by atoms with E-state index in [0.29, 0.717) is 0 Å². The first-order valence-corrected chi connectivity index (χ1v) is 8.64. The van der Waals surface area contributed by atoms with Gasteiger partial charge in [-0.2, -0.15) is 0 Å². The summed E-state index contributed by atoms with van der Waals surface area (Å²) in [5, 5.41) is 8.47. The molecule has 0 atom stereocenters. The van der Waals surface area contributed by atoms with E-state index in [1.54, 1.807) is 0 Å². The number of nitrogens with one attached hydrogen (secondary N) is 1. The molecule has 0 fully saturated rings. The molecule has 0 unspecified atom stereocenters. The summed E-state index contributed by atoms with van der Waals surface area (Å²) in [5.41, 5.74) is 2.21. The van der Waals surface area contributed by atoms with E-state index < -0.39 is 0 Å². The molecule has 0 saturated heterocycles. The predicted molar refractivity (Wildman–Crippen MR) is 109 cm³/mol. The van der Waals surface area contributed by atoms with Crippen LogP contribution in [0.2, 0.25) is 0 Å². The third-order valence-corrected chi connectivity index (χ3v) is 4.38. The Morgan fingerprint density at radius 2 is 1.32 bits per heavy atom. The molecule has 0 amide bonds. The molecule has 2 heteroatoms.